The molecule has 0 spiro atoms. The molecule has 0 saturated carbocycles. The summed E-state index contributed by atoms with van der Waals surface area (Å²) in [6, 6.07) is 4.95. The molecule has 0 amide bonds. The first kappa shape index (κ1) is 13.9. The average molecular weight is 327 g/mol. The van der Waals surface area contributed by atoms with Crippen molar-refractivity contribution in [1.29, 1.82) is 0 Å². The standard InChI is InChI=1S/C14H16BrFN2O/c1-7-4-10(9(3)19-7)8(2)18-14-5-11(15)12(16)6-13(14)17/h4-6,8,18H,17H2,1-3H3. The predicted molar refractivity (Wildman–Crippen MR) is 78.7 cm³/mol. The van der Waals surface area contributed by atoms with Crippen LogP contribution in [0.2, 0.25) is 0 Å². The van der Waals surface area contributed by atoms with Crippen LogP contribution in [0.25, 0.3) is 0 Å². The summed E-state index contributed by atoms with van der Waals surface area (Å²) < 4.78 is 19.2. The Bertz CT molecular complexity index is 610. The van der Waals surface area contributed by atoms with Crippen LogP contribution in [0, 0.1) is 19.7 Å². The van der Waals surface area contributed by atoms with E-state index in [2.05, 4.69) is 21.2 Å². The van der Waals surface area contributed by atoms with Gasteiger partial charge in [0.1, 0.15) is 17.3 Å². The molecule has 102 valence electrons. The molecule has 0 aliphatic heterocycles. The SMILES string of the molecule is Cc1cc(C(C)Nc2cc(Br)c(F)cc2N)c(C)o1. The van der Waals surface area contributed by atoms with Crippen LogP contribution in [0.4, 0.5) is 15.8 Å². The van der Waals surface area contributed by atoms with Gasteiger partial charge in [0.15, 0.2) is 0 Å². The van der Waals surface area contributed by atoms with E-state index in [1.54, 1.807) is 6.07 Å². The van der Waals surface area contributed by atoms with Crippen molar-refractivity contribution in [3.05, 3.63) is 45.6 Å². The molecule has 0 aliphatic carbocycles. The number of rotatable bonds is 3. The van der Waals surface area contributed by atoms with Gasteiger partial charge >= 0.3 is 0 Å². The fourth-order valence-electron chi connectivity index (χ4n) is 2.08. The molecule has 5 heteroatoms. The van der Waals surface area contributed by atoms with Crippen LogP contribution in [0.15, 0.2) is 27.1 Å². The summed E-state index contributed by atoms with van der Waals surface area (Å²) in [6.07, 6.45) is 0. The zero-order valence-electron chi connectivity index (χ0n) is 11.1. The zero-order valence-corrected chi connectivity index (χ0v) is 12.6. The van der Waals surface area contributed by atoms with E-state index in [0.29, 0.717) is 15.8 Å². The highest BCUT2D eigenvalue weighted by Crippen LogP contribution is 2.31. The highest BCUT2D eigenvalue weighted by molar-refractivity contribution is 9.10. The van der Waals surface area contributed by atoms with Crippen molar-refractivity contribution < 1.29 is 8.81 Å². The minimum atomic E-state index is -0.369. The summed E-state index contributed by atoms with van der Waals surface area (Å²) in [4.78, 5) is 0. The molecule has 1 unspecified atom stereocenters. The molecular weight excluding hydrogens is 311 g/mol. The first-order valence-electron chi connectivity index (χ1n) is 5.96. The number of hydrogen-bond donors (Lipinski definition) is 2. The predicted octanol–water partition coefficient (Wildman–Crippen LogP) is 4.55. The molecule has 0 saturated heterocycles. The summed E-state index contributed by atoms with van der Waals surface area (Å²) in [7, 11) is 0. The molecule has 0 fully saturated rings. The number of furan rings is 1. The largest absolute Gasteiger partial charge is 0.466 e. The summed E-state index contributed by atoms with van der Waals surface area (Å²) in [5, 5.41) is 3.27. The van der Waals surface area contributed by atoms with Crippen molar-refractivity contribution in [1.82, 2.24) is 0 Å². The van der Waals surface area contributed by atoms with Gasteiger partial charge in [0, 0.05) is 11.6 Å². The van der Waals surface area contributed by atoms with Crippen LogP contribution in [0.1, 0.15) is 30.0 Å². The number of aryl methyl sites for hydroxylation is 2. The molecule has 3 nitrogen and oxygen atoms in total. The summed E-state index contributed by atoms with van der Waals surface area (Å²) in [6.45, 7) is 5.84. The molecule has 2 rings (SSSR count). The number of halogens is 2. The van der Waals surface area contributed by atoms with Crippen molar-refractivity contribution in [2.24, 2.45) is 0 Å². The lowest BCUT2D eigenvalue weighted by molar-refractivity contribution is 0.500. The lowest BCUT2D eigenvalue weighted by Gasteiger charge is -2.17. The van der Waals surface area contributed by atoms with Crippen molar-refractivity contribution in [2.75, 3.05) is 11.1 Å². The van der Waals surface area contributed by atoms with E-state index in [-0.39, 0.29) is 11.9 Å². The quantitative estimate of drug-likeness (QED) is 0.813. The first-order valence-corrected chi connectivity index (χ1v) is 6.75. The highest BCUT2D eigenvalue weighted by atomic mass is 79.9. The van der Waals surface area contributed by atoms with Gasteiger partial charge in [-0.05, 0) is 48.8 Å². The number of nitrogens with two attached hydrogens (primary N) is 1. The smallest absolute Gasteiger partial charge is 0.139 e. The molecule has 1 atom stereocenters. The fourth-order valence-corrected chi connectivity index (χ4v) is 2.42. The number of benzene rings is 1. The third-order valence-corrected chi connectivity index (χ3v) is 3.62. The summed E-state index contributed by atoms with van der Waals surface area (Å²) in [5.74, 6) is 1.37. The van der Waals surface area contributed by atoms with Gasteiger partial charge in [-0.2, -0.15) is 0 Å². The fraction of sp³-hybridized carbons (Fsp3) is 0.286. The molecule has 0 bridgehead atoms. The Balaban J connectivity index is 2.26. The summed E-state index contributed by atoms with van der Waals surface area (Å²) in [5.41, 5.74) is 7.95. The Morgan fingerprint density at radius 3 is 2.58 bits per heavy atom. The van der Waals surface area contributed by atoms with Gasteiger partial charge in [-0.25, -0.2) is 4.39 Å². The van der Waals surface area contributed by atoms with Crippen molar-refractivity contribution >= 4 is 27.3 Å². The van der Waals surface area contributed by atoms with Crippen molar-refractivity contribution in [3.63, 3.8) is 0 Å². The average Bonchev–Trinajstić information content (AvgIpc) is 2.65. The normalized spacial score (nSPS) is 12.5. The lowest BCUT2D eigenvalue weighted by atomic mass is 10.1. The van der Waals surface area contributed by atoms with E-state index in [9.17, 15) is 4.39 Å². The van der Waals surface area contributed by atoms with Crippen LogP contribution in [0.3, 0.4) is 0 Å². The summed E-state index contributed by atoms with van der Waals surface area (Å²) >= 11 is 3.16. The van der Waals surface area contributed by atoms with Crippen molar-refractivity contribution in [3.8, 4) is 0 Å². The van der Waals surface area contributed by atoms with E-state index in [1.165, 1.54) is 6.07 Å². The van der Waals surface area contributed by atoms with Crippen molar-refractivity contribution in [2.45, 2.75) is 26.8 Å². The van der Waals surface area contributed by atoms with Gasteiger partial charge in [-0.3, -0.25) is 0 Å². The molecule has 1 heterocycles. The van der Waals surface area contributed by atoms with Crippen LogP contribution in [-0.2, 0) is 0 Å². The maximum atomic E-state index is 13.3. The van der Waals surface area contributed by atoms with E-state index in [0.717, 1.165) is 17.1 Å². The topological polar surface area (TPSA) is 51.2 Å². The van der Waals surface area contributed by atoms with E-state index < -0.39 is 0 Å². The molecular formula is C14H16BrFN2O. The molecule has 2 aromatic rings. The Morgan fingerprint density at radius 1 is 1.32 bits per heavy atom. The lowest BCUT2D eigenvalue weighted by Crippen LogP contribution is -2.09. The van der Waals surface area contributed by atoms with Gasteiger partial charge in [0.2, 0.25) is 0 Å². The second-order valence-corrected chi connectivity index (χ2v) is 5.44. The Labute approximate surface area is 120 Å². The van der Waals surface area contributed by atoms with Crippen LogP contribution in [-0.4, -0.2) is 0 Å². The molecule has 19 heavy (non-hydrogen) atoms. The third-order valence-electron chi connectivity index (χ3n) is 3.01. The van der Waals surface area contributed by atoms with Gasteiger partial charge in [0.05, 0.1) is 21.9 Å². The number of hydrogen-bond acceptors (Lipinski definition) is 3. The minimum absolute atomic E-state index is 0.0251. The van der Waals surface area contributed by atoms with E-state index >= 15 is 0 Å². The monoisotopic (exact) mass is 326 g/mol. The number of anilines is 2. The van der Waals surface area contributed by atoms with E-state index in [1.807, 2.05) is 26.8 Å². The maximum absolute atomic E-state index is 13.3. The number of nitrogen functional groups attached to an aromatic ring is 1. The Kier molecular flexibility index (Phi) is 3.85. The van der Waals surface area contributed by atoms with E-state index in [4.69, 9.17) is 10.2 Å². The molecule has 0 aliphatic rings. The first-order chi connectivity index (χ1) is 8.88. The Morgan fingerprint density at radius 2 is 2.00 bits per heavy atom. The van der Waals surface area contributed by atoms with Gasteiger partial charge in [-0.15, -0.1) is 0 Å². The molecule has 3 N–H and O–H groups in total. The van der Waals surface area contributed by atoms with Crippen LogP contribution >= 0.6 is 15.9 Å². The van der Waals surface area contributed by atoms with Gasteiger partial charge < -0.3 is 15.5 Å². The van der Waals surface area contributed by atoms with Gasteiger partial charge in [-0.1, -0.05) is 0 Å². The minimum Gasteiger partial charge on any atom is -0.466 e. The highest BCUT2D eigenvalue weighted by Gasteiger charge is 2.14. The molecule has 1 aromatic heterocycles. The molecule has 1 aromatic carbocycles. The zero-order chi connectivity index (χ0) is 14.2. The van der Waals surface area contributed by atoms with Crippen LogP contribution in [0.5, 0.6) is 0 Å². The third kappa shape index (κ3) is 2.92. The number of nitrogens with one attached hydrogen (secondary N) is 1. The molecule has 0 radical (unpaired) electrons. The van der Waals surface area contributed by atoms with Gasteiger partial charge in [0.25, 0.3) is 0 Å². The van der Waals surface area contributed by atoms with Crippen LogP contribution < -0.4 is 11.1 Å². The second kappa shape index (κ2) is 5.25. The second-order valence-electron chi connectivity index (χ2n) is 4.59. The maximum Gasteiger partial charge on any atom is 0.139 e. The Hall–Kier alpha value is -1.49.